The lowest BCUT2D eigenvalue weighted by atomic mass is 10.3. The van der Waals surface area contributed by atoms with E-state index < -0.39 is 10.8 Å². The second-order valence-corrected chi connectivity index (χ2v) is 5.93. The van der Waals surface area contributed by atoms with Gasteiger partial charge < -0.3 is 15.0 Å². The van der Waals surface area contributed by atoms with Crippen LogP contribution in [0.4, 0.5) is 5.95 Å². The summed E-state index contributed by atoms with van der Waals surface area (Å²) in [4.78, 5) is 4.36. The van der Waals surface area contributed by atoms with Gasteiger partial charge in [0, 0.05) is 29.4 Å². The fourth-order valence-corrected chi connectivity index (χ4v) is 2.36. The Morgan fingerprint density at radius 2 is 2.26 bits per heavy atom. The van der Waals surface area contributed by atoms with Gasteiger partial charge in [0.25, 0.3) is 0 Å². The van der Waals surface area contributed by atoms with E-state index in [1.165, 1.54) is 0 Å². The lowest BCUT2D eigenvalue weighted by Crippen LogP contribution is -2.09. The molecule has 2 rings (SSSR count). The molecule has 1 unspecified atom stereocenters. The zero-order valence-corrected chi connectivity index (χ0v) is 12.1. The number of benzene rings is 1. The molecule has 1 heterocycles. The molecule has 1 atom stereocenters. The standard InChI is InChI=1S/C13H19N3O2S/c1-3-8-18-11-6-4-5-10-12(11)15-13(14)16(10)7-9-19(2)17/h4-6H,3,7-9H2,1-2H3,(H2,14,15). The van der Waals surface area contributed by atoms with Gasteiger partial charge in [0.15, 0.2) is 0 Å². The number of hydrogen-bond acceptors (Lipinski definition) is 4. The first kappa shape index (κ1) is 13.9. The number of anilines is 1. The molecule has 0 fully saturated rings. The van der Waals surface area contributed by atoms with E-state index >= 15 is 0 Å². The molecule has 104 valence electrons. The predicted octanol–water partition coefficient (Wildman–Crippen LogP) is 1.79. The number of imidazole rings is 1. The van der Waals surface area contributed by atoms with Crippen molar-refractivity contribution in [1.82, 2.24) is 9.55 Å². The van der Waals surface area contributed by atoms with Crippen molar-refractivity contribution in [3.05, 3.63) is 18.2 Å². The summed E-state index contributed by atoms with van der Waals surface area (Å²) in [6.07, 6.45) is 2.63. The average molecular weight is 281 g/mol. The van der Waals surface area contributed by atoms with Crippen LogP contribution in [0.3, 0.4) is 0 Å². The smallest absolute Gasteiger partial charge is 0.201 e. The molecule has 2 N–H and O–H groups in total. The lowest BCUT2D eigenvalue weighted by molar-refractivity contribution is 0.320. The quantitative estimate of drug-likeness (QED) is 0.876. The molecule has 0 spiro atoms. The van der Waals surface area contributed by atoms with Gasteiger partial charge in [-0.1, -0.05) is 13.0 Å². The molecule has 0 aliphatic rings. The molecule has 0 aliphatic carbocycles. The van der Waals surface area contributed by atoms with Crippen LogP contribution in [-0.2, 0) is 17.3 Å². The normalized spacial score (nSPS) is 12.7. The van der Waals surface area contributed by atoms with E-state index in [4.69, 9.17) is 10.5 Å². The van der Waals surface area contributed by atoms with E-state index in [1.54, 1.807) is 6.26 Å². The van der Waals surface area contributed by atoms with Crippen LogP contribution in [-0.4, -0.2) is 32.4 Å². The SMILES string of the molecule is CCCOc1cccc2c1nc(N)n2CCS(C)=O. The van der Waals surface area contributed by atoms with Crippen molar-refractivity contribution in [3.8, 4) is 5.75 Å². The van der Waals surface area contributed by atoms with Gasteiger partial charge in [0.1, 0.15) is 11.3 Å². The number of aryl methyl sites for hydroxylation is 1. The molecule has 1 aromatic heterocycles. The molecule has 0 radical (unpaired) electrons. The van der Waals surface area contributed by atoms with Crippen LogP contribution in [0.2, 0.25) is 0 Å². The number of ether oxygens (including phenoxy) is 1. The molecular weight excluding hydrogens is 262 g/mol. The molecule has 6 heteroatoms. The third-order valence-electron chi connectivity index (χ3n) is 2.84. The van der Waals surface area contributed by atoms with Gasteiger partial charge >= 0.3 is 0 Å². The summed E-state index contributed by atoms with van der Waals surface area (Å²) in [6.45, 7) is 3.32. The number of rotatable bonds is 6. The Kier molecular flexibility index (Phi) is 4.42. The van der Waals surface area contributed by atoms with Crippen molar-refractivity contribution >= 4 is 27.8 Å². The molecule has 0 saturated heterocycles. The first-order chi connectivity index (χ1) is 9.13. The monoisotopic (exact) mass is 281 g/mol. The summed E-state index contributed by atoms with van der Waals surface area (Å²) in [6, 6.07) is 5.77. The third-order valence-corrected chi connectivity index (χ3v) is 3.59. The van der Waals surface area contributed by atoms with Crippen LogP contribution in [0.1, 0.15) is 13.3 Å². The summed E-state index contributed by atoms with van der Waals surface area (Å²) in [7, 11) is -0.847. The summed E-state index contributed by atoms with van der Waals surface area (Å²) in [5, 5.41) is 0. The van der Waals surface area contributed by atoms with Crippen molar-refractivity contribution < 1.29 is 8.95 Å². The number of nitrogens with zero attached hydrogens (tertiary/aromatic N) is 2. The van der Waals surface area contributed by atoms with E-state index in [2.05, 4.69) is 11.9 Å². The summed E-state index contributed by atoms with van der Waals surface area (Å²) in [5.74, 6) is 1.76. The number of nitrogen functional groups attached to an aromatic ring is 1. The summed E-state index contributed by atoms with van der Waals surface area (Å²) >= 11 is 0. The Hall–Kier alpha value is -1.56. The predicted molar refractivity (Wildman–Crippen MR) is 78.9 cm³/mol. The highest BCUT2D eigenvalue weighted by Crippen LogP contribution is 2.27. The van der Waals surface area contributed by atoms with Crippen LogP contribution in [0, 0.1) is 0 Å². The lowest BCUT2D eigenvalue weighted by Gasteiger charge is -2.06. The highest BCUT2D eigenvalue weighted by Gasteiger charge is 2.12. The fraction of sp³-hybridized carbons (Fsp3) is 0.462. The van der Waals surface area contributed by atoms with E-state index in [1.807, 2.05) is 22.8 Å². The number of fused-ring (bicyclic) bond motifs is 1. The van der Waals surface area contributed by atoms with Crippen LogP contribution in [0.25, 0.3) is 11.0 Å². The van der Waals surface area contributed by atoms with Crippen LogP contribution in [0.5, 0.6) is 5.75 Å². The molecule has 0 aliphatic heterocycles. The molecule has 0 bridgehead atoms. The molecular formula is C13H19N3O2S. The maximum Gasteiger partial charge on any atom is 0.201 e. The maximum absolute atomic E-state index is 11.2. The van der Waals surface area contributed by atoms with Gasteiger partial charge in [-0.25, -0.2) is 4.98 Å². The molecule has 0 amide bonds. The van der Waals surface area contributed by atoms with Crippen molar-refractivity contribution in [2.75, 3.05) is 24.3 Å². The minimum Gasteiger partial charge on any atom is -0.491 e. The van der Waals surface area contributed by atoms with E-state index in [0.717, 1.165) is 23.2 Å². The Balaban J connectivity index is 2.37. The van der Waals surface area contributed by atoms with Gasteiger partial charge in [0.2, 0.25) is 5.95 Å². The minimum absolute atomic E-state index is 0.438. The van der Waals surface area contributed by atoms with Crippen LogP contribution >= 0.6 is 0 Å². The molecule has 1 aromatic carbocycles. The molecule has 19 heavy (non-hydrogen) atoms. The van der Waals surface area contributed by atoms with Crippen molar-refractivity contribution in [2.24, 2.45) is 0 Å². The highest BCUT2D eigenvalue weighted by molar-refractivity contribution is 7.84. The van der Waals surface area contributed by atoms with Crippen LogP contribution in [0.15, 0.2) is 18.2 Å². The Bertz CT molecular complexity index is 595. The Labute approximate surface area is 115 Å². The van der Waals surface area contributed by atoms with Crippen LogP contribution < -0.4 is 10.5 Å². The first-order valence-corrected chi connectivity index (χ1v) is 8.03. The van der Waals surface area contributed by atoms with E-state index in [0.29, 0.717) is 24.9 Å². The average Bonchev–Trinajstić information content (AvgIpc) is 2.70. The van der Waals surface area contributed by atoms with Gasteiger partial charge in [0.05, 0.1) is 12.1 Å². The van der Waals surface area contributed by atoms with E-state index in [9.17, 15) is 4.21 Å². The van der Waals surface area contributed by atoms with Crippen molar-refractivity contribution in [1.29, 1.82) is 0 Å². The molecule has 0 saturated carbocycles. The number of nitrogens with two attached hydrogens (primary N) is 1. The Morgan fingerprint density at radius 1 is 1.47 bits per heavy atom. The van der Waals surface area contributed by atoms with Gasteiger partial charge in [-0.05, 0) is 18.6 Å². The number of hydrogen-bond donors (Lipinski definition) is 1. The Morgan fingerprint density at radius 3 is 2.95 bits per heavy atom. The second kappa shape index (κ2) is 6.06. The summed E-state index contributed by atoms with van der Waals surface area (Å²) in [5.41, 5.74) is 7.64. The summed E-state index contributed by atoms with van der Waals surface area (Å²) < 4.78 is 18.8. The number of aromatic nitrogens is 2. The van der Waals surface area contributed by atoms with Gasteiger partial charge in [-0.2, -0.15) is 0 Å². The minimum atomic E-state index is -0.847. The first-order valence-electron chi connectivity index (χ1n) is 6.31. The molecule has 2 aromatic rings. The van der Waals surface area contributed by atoms with Gasteiger partial charge in [-0.15, -0.1) is 0 Å². The van der Waals surface area contributed by atoms with Gasteiger partial charge in [-0.3, -0.25) is 4.21 Å². The largest absolute Gasteiger partial charge is 0.491 e. The number of para-hydroxylation sites is 1. The van der Waals surface area contributed by atoms with Crippen molar-refractivity contribution in [2.45, 2.75) is 19.9 Å². The fourth-order valence-electron chi connectivity index (χ4n) is 1.92. The zero-order valence-electron chi connectivity index (χ0n) is 11.3. The van der Waals surface area contributed by atoms with Crippen molar-refractivity contribution in [3.63, 3.8) is 0 Å². The zero-order chi connectivity index (χ0) is 13.8. The maximum atomic E-state index is 11.2. The van der Waals surface area contributed by atoms with E-state index in [-0.39, 0.29) is 0 Å². The second-order valence-electron chi connectivity index (χ2n) is 4.37. The topological polar surface area (TPSA) is 70.1 Å². The molecule has 5 nitrogen and oxygen atoms in total. The third kappa shape index (κ3) is 3.07. The highest BCUT2D eigenvalue weighted by atomic mass is 32.2.